The van der Waals surface area contributed by atoms with Crippen LogP contribution in [0.25, 0.3) is 21.8 Å². The van der Waals surface area contributed by atoms with Gasteiger partial charge in [-0.25, -0.2) is 4.79 Å². The number of carbonyl (C=O) groups is 1. The van der Waals surface area contributed by atoms with Crippen molar-refractivity contribution in [2.75, 3.05) is 13.1 Å². The predicted molar refractivity (Wildman–Crippen MR) is 90.2 cm³/mol. The summed E-state index contributed by atoms with van der Waals surface area (Å²) >= 11 is 0. The summed E-state index contributed by atoms with van der Waals surface area (Å²) in [5, 5.41) is 15.0. The number of aromatic nitrogens is 1. The van der Waals surface area contributed by atoms with Crippen LogP contribution in [0, 0.1) is 0 Å². The van der Waals surface area contributed by atoms with Gasteiger partial charge in [0.15, 0.2) is 0 Å². The summed E-state index contributed by atoms with van der Waals surface area (Å²) in [5.74, 6) is -0.877. The molecule has 0 amide bonds. The van der Waals surface area contributed by atoms with Gasteiger partial charge < -0.3 is 15.0 Å². The number of rotatable bonds is 2. The number of hydrogen-bond donors (Lipinski definition) is 2. The first-order valence-corrected chi connectivity index (χ1v) is 7.22. The molecular weight excluding hydrogens is 300 g/mol. The number of hydrogen-bond acceptors (Lipinski definition) is 2. The van der Waals surface area contributed by atoms with Gasteiger partial charge in [0.25, 0.3) is 0 Å². The SMILES string of the molecule is Cl.O=C(O)c1ccc2c3ccccc3n([C@H]3CCNC3)c2c1. The number of aromatic carboxylic acids is 1. The minimum atomic E-state index is -0.877. The molecule has 0 unspecified atom stereocenters. The Hall–Kier alpha value is -2.04. The van der Waals surface area contributed by atoms with E-state index in [1.165, 1.54) is 10.9 Å². The van der Waals surface area contributed by atoms with Crippen molar-refractivity contribution in [2.45, 2.75) is 12.5 Å². The maximum atomic E-state index is 11.3. The molecule has 114 valence electrons. The van der Waals surface area contributed by atoms with E-state index >= 15 is 0 Å². The summed E-state index contributed by atoms with van der Waals surface area (Å²) in [6, 6.07) is 14.1. The molecule has 3 aromatic rings. The zero-order chi connectivity index (χ0) is 14.4. The Labute approximate surface area is 134 Å². The van der Waals surface area contributed by atoms with Gasteiger partial charge in [-0.3, -0.25) is 0 Å². The molecule has 1 aliphatic heterocycles. The lowest BCUT2D eigenvalue weighted by Crippen LogP contribution is -2.13. The molecule has 5 heteroatoms. The minimum Gasteiger partial charge on any atom is -0.478 e. The second-order valence-corrected chi connectivity index (χ2v) is 5.57. The van der Waals surface area contributed by atoms with Crippen LogP contribution < -0.4 is 5.32 Å². The monoisotopic (exact) mass is 316 g/mol. The van der Waals surface area contributed by atoms with Crippen LogP contribution in [0.15, 0.2) is 42.5 Å². The molecule has 1 fully saturated rings. The van der Waals surface area contributed by atoms with Crippen LogP contribution in [0.4, 0.5) is 0 Å². The summed E-state index contributed by atoms with van der Waals surface area (Å²) < 4.78 is 2.30. The number of benzene rings is 2. The highest BCUT2D eigenvalue weighted by Gasteiger charge is 2.21. The lowest BCUT2D eigenvalue weighted by molar-refractivity contribution is 0.0697. The van der Waals surface area contributed by atoms with Gasteiger partial charge in [-0.05, 0) is 31.2 Å². The van der Waals surface area contributed by atoms with Crippen LogP contribution in [-0.2, 0) is 0 Å². The van der Waals surface area contributed by atoms with Crippen LogP contribution in [0.1, 0.15) is 22.8 Å². The number of fused-ring (bicyclic) bond motifs is 3. The quantitative estimate of drug-likeness (QED) is 0.761. The second-order valence-electron chi connectivity index (χ2n) is 5.57. The molecule has 1 atom stereocenters. The lowest BCUT2D eigenvalue weighted by atomic mass is 10.1. The maximum Gasteiger partial charge on any atom is 0.335 e. The smallest absolute Gasteiger partial charge is 0.335 e. The van der Waals surface area contributed by atoms with Crippen molar-refractivity contribution < 1.29 is 9.90 Å². The van der Waals surface area contributed by atoms with Crippen molar-refractivity contribution in [1.29, 1.82) is 0 Å². The minimum absolute atomic E-state index is 0. The first-order chi connectivity index (χ1) is 10.3. The van der Waals surface area contributed by atoms with Crippen LogP contribution in [0.5, 0.6) is 0 Å². The molecule has 2 heterocycles. The number of halogens is 1. The molecule has 22 heavy (non-hydrogen) atoms. The molecule has 1 aromatic heterocycles. The van der Waals surface area contributed by atoms with E-state index < -0.39 is 5.97 Å². The Balaban J connectivity index is 0.00000144. The van der Waals surface area contributed by atoms with Crippen molar-refractivity contribution in [2.24, 2.45) is 0 Å². The van der Waals surface area contributed by atoms with Crippen molar-refractivity contribution in [3.8, 4) is 0 Å². The molecule has 0 spiro atoms. The average Bonchev–Trinajstić information content (AvgIpc) is 3.11. The highest BCUT2D eigenvalue weighted by molar-refractivity contribution is 6.09. The fourth-order valence-corrected chi connectivity index (χ4v) is 3.39. The van der Waals surface area contributed by atoms with Crippen molar-refractivity contribution >= 4 is 40.2 Å². The van der Waals surface area contributed by atoms with Crippen molar-refractivity contribution in [3.05, 3.63) is 48.0 Å². The summed E-state index contributed by atoms with van der Waals surface area (Å²) in [6.07, 6.45) is 1.07. The Kier molecular flexibility index (Phi) is 3.81. The van der Waals surface area contributed by atoms with E-state index in [-0.39, 0.29) is 12.4 Å². The van der Waals surface area contributed by atoms with Crippen LogP contribution in [-0.4, -0.2) is 28.7 Å². The normalized spacial score (nSPS) is 17.7. The number of nitrogens with zero attached hydrogens (tertiary/aromatic N) is 1. The number of carboxylic acid groups (broad SMARTS) is 1. The highest BCUT2D eigenvalue weighted by Crippen LogP contribution is 2.34. The third-order valence-corrected chi connectivity index (χ3v) is 4.36. The molecule has 4 nitrogen and oxygen atoms in total. The van der Waals surface area contributed by atoms with Gasteiger partial charge >= 0.3 is 5.97 Å². The third-order valence-electron chi connectivity index (χ3n) is 4.36. The van der Waals surface area contributed by atoms with Gasteiger partial charge in [0.05, 0.1) is 11.1 Å². The van der Waals surface area contributed by atoms with E-state index in [0.717, 1.165) is 30.4 Å². The molecule has 0 bridgehead atoms. The third kappa shape index (κ3) is 2.16. The second kappa shape index (κ2) is 5.63. The van der Waals surface area contributed by atoms with Crippen LogP contribution in [0.2, 0.25) is 0 Å². The van der Waals surface area contributed by atoms with Crippen molar-refractivity contribution in [1.82, 2.24) is 9.88 Å². The Morgan fingerprint density at radius 1 is 1.14 bits per heavy atom. The van der Waals surface area contributed by atoms with Crippen LogP contribution >= 0.6 is 12.4 Å². The summed E-state index contributed by atoms with van der Waals surface area (Å²) in [7, 11) is 0. The average molecular weight is 317 g/mol. The van der Waals surface area contributed by atoms with Gasteiger partial charge in [-0.1, -0.05) is 24.3 Å². The molecule has 2 N–H and O–H groups in total. The van der Waals surface area contributed by atoms with E-state index in [9.17, 15) is 9.90 Å². The van der Waals surface area contributed by atoms with Gasteiger partial charge in [-0.2, -0.15) is 0 Å². The van der Waals surface area contributed by atoms with Gasteiger partial charge in [0, 0.05) is 28.9 Å². The van der Waals surface area contributed by atoms with Gasteiger partial charge in [0.1, 0.15) is 0 Å². The fourth-order valence-electron chi connectivity index (χ4n) is 3.39. The number of nitrogens with one attached hydrogen (secondary N) is 1. The molecule has 1 saturated heterocycles. The predicted octanol–water partition coefficient (Wildman–Crippen LogP) is 3.45. The Morgan fingerprint density at radius 2 is 1.91 bits per heavy atom. The maximum absolute atomic E-state index is 11.3. The first-order valence-electron chi connectivity index (χ1n) is 7.22. The summed E-state index contributed by atoms with van der Waals surface area (Å²) in [6.45, 7) is 1.95. The zero-order valence-corrected chi connectivity index (χ0v) is 12.8. The summed E-state index contributed by atoms with van der Waals surface area (Å²) in [5.41, 5.74) is 2.55. The molecular formula is C17H17ClN2O2. The Bertz CT molecular complexity index is 850. The molecule has 1 aliphatic rings. The van der Waals surface area contributed by atoms with Gasteiger partial charge in [0.2, 0.25) is 0 Å². The summed E-state index contributed by atoms with van der Waals surface area (Å²) in [4.78, 5) is 11.3. The zero-order valence-electron chi connectivity index (χ0n) is 12.0. The Morgan fingerprint density at radius 3 is 2.64 bits per heavy atom. The molecule has 0 saturated carbocycles. The molecule has 0 radical (unpaired) electrons. The van der Waals surface area contributed by atoms with E-state index in [1.54, 1.807) is 12.1 Å². The van der Waals surface area contributed by atoms with E-state index in [0.29, 0.717) is 11.6 Å². The lowest BCUT2D eigenvalue weighted by Gasteiger charge is -2.14. The largest absolute Gasteiger partial charge is 0.478 e. The van der Waals surface area contributed by atoms with Crippen LogP contribution in [0.3, 0.4) is 0 Å². The fraction of sp³-hybridized carbons (Fsp3) is 0.235. The number of para-hydroxylation sites is 1. The molecule has 4 rings (SSSR count). The molecule has 2 aromatic carbocycles. The number of carboxylic acids is 1. The topological polar surface area (TPSA) is 54.3 Å². The van der Waals surface area contributed by atoms with Gasteiger partial charge in [-0.15, -0.1) is 12.4 Å². The first kappa shape index (κ1) is 14.9. The standard InChI is InChI=1S/C17H16N2O2.ClH/c20-17(21)11-5-6-14-13-3-1-2-4-15(13)19(16(14)9-11)12-7-8-18-10-12;/h1-6,9,12,18H,7-8,10H2,(H,20,21);1H/t12-;/m0./s1. The van der Waals surface area contributed by atoms with E-state index in [1.807, 2.05) is 18.2 Å². The van der Waals surface area contributed by atoms with Crippen molar-refractivity contribution in [3.63, 3.8) is 0 Å². The van der Waals surface area contributed by atoms with E-state index in [2.05, 4.69) is 22.0 Å². The highest BCUT2D eigenvalue weighted by atomic mass is 35.5. The molecule has 0 aliphatic carbocycles. The van der Waals surface area contributed by atoms with E-state index in [4.69, 9.17) is 0 Å².